The van der Waals surface area contributed by atoms with Crippen LogP contribution in [0.4, 0.5) is 0 Å². The van der Waals surface area contributed by atoms with Crippen LogP contribution >= 0.6 is 0 Å². The molecule has 1 rings (SSSR count). The van der Waals surface area contributed by atoms with Gasteiger partial charge in [0.1, 0.15) is 0 Å². The van der Waals surface area contributed by atoms with Gasteiger partial charge >= 0.3 is 0 Å². The highest BCUT2D eigenvalue weighted by Gasteiger charge is 1.88. The van der Waals surface area contributed by atoms with Gasteiger partial charge in [-0.15, -0.1) is 0 Å². The van der Waals surface area contributed by atoms with E-state index in [2.05, 4.69) is 11.4 Å². The normalized spacial score (nSPS) is 9.91. The SMILES string of the molecule is NCCNCc1[c]cccc1. The summed E-state index contributed by atoms with van der Waals surface area (Å²) < 4.78 is 0. The van der Waals surface area contributed by atoms with Gasteiger partial charge < -0.3 is 11.1 Å². The molecule has 0 aliphatic carbocycles. The zero-order valence-corrected chi connectivity index (χ0v) is 6.51. The van der Waals surface area contributed by atoms with E-state index >= 15 is 0 Å². The molecular formula is C9H13N2. The molecule has 2 nitrogen and oxygen atoms in total. The molecule has 59 valence electrons. The maximum Gasteiger partial charge on any atom is 0.0212 e. The Morgan fingerprint density at radius 1 is 1.45 bits per heavy atom. The van der Waals surface area contributed by atoms with Crippen molar-refractivity contribution in [3.8, 4) is 0 Å². The van der Waals surface area contributed by atoms with Crippen molar-refractivity contribution in [1.29, 1.82) is 0 Å². The Kier molecular flexibility index (Phi) is 3.65. The highest BCUT2D eigenvalue weighted by atomic mass is 14.9. The minimum Gasteiger partial charge on any atom is -0.329 e. The maximum absolute atomic E-state index is 5.32. The van der Waals surface area contributed by atoms with Gasteiger partial charge in [0.05, 0.1) is 0 Å². The molecule has 1 radical (unpaired) electrons. The molecule has 0 heterocycles. The van der Waals surface area contributed by atoms with Crippen LogP contribution in [0.15, 0.2) is 24.3 Å². The summed E-state index contributed by atoms with van der Waals surface area (Å²) in [5.41, 5.74) is 6.50. The van der Waals surface area contributed by atoms with E-state index in [9.17, 15) is 0 Å². The lowest BCUT2D eigenvalue weighted by molar-refractivity contribution is 0.694. The molecule has 3 N–H and O–H groups in total. The van der Waals surface area contributed by atoms with Crippen LogP contribution in [0, 0.1) is 6.07 Å². The van der Waals surface area contributed by atoms with Crippen molar-refractivity contribution < 1.29 is 0 Å². The molecule has 0 bridgehead atoms. The quantitative estimate of drug-likeness (QED) is 0.613. The van der Waals surface area contributed by atoms with Gasteiger partial charge in [-0.05, 0) is 11.6 Å². The zero-order valence-electron chi connectivity index (χ0n) is 6.51. The first-order valence-corrected chi connectivity index (χ1v) is 3.80. The minimum absolute atomic E-state index is 0.687. The summed E-state index contributed by atoms with van der Waals surface area (Å²) >= 11 is 0. The van der Waals surface area contributed by atoms with Crippen molar-refractivity contribution in [2.75, 3.05) is 13.1 Å². The van der Waals surface area contributed by atoms with Crippen LogP contribution in [0.2, 0.25) is 0 Å². The number of hydrogen-bond acceptors (Lipinski definition) is 2. The Morgan fingerprint density at radius 3 is 3.00 bits per heavy atom. The third-order valence-electron chi connectivity index (χ3n) is 1.41. The summed E-state index contributed by atoms with van der Waals surface area (Å²) in [5.74, 6) is 0. The first-order valence-electron chi connectivity index (χ1n) is 3.80. The Balaban J connectivity index is 2.28. The van der Waals surface area contributed by atoms with Crippen LogP contribution in [-0.4, -0.2) is 13.1 Å². The van der Waals surface area contributed by atoms with Crippen molar-refractivity contribution in [3.05, 3.63) is 35.9 Å². The van der Waals surface area contributed by atoms with Crippen molar-refractivity contribution in [1.82, 2.24) is 5.32 Å². The van der Waals surface area contributed by atoms with Gasteiger partial charge in [-0.25, -0.2) is 0 Å². The fourth-order valence-corrected chi connectivity index (χ4v) is 0.866. The van der Waals surface area contributed by atoms with Crippen LogP contribution in [0.25, 0.3) is 0 Å². The van der Waals surface area contributed by atoms with E-state index in [1.165, 1.54) is 5.56 Å². The molecule has 0 aliphatic heterocycles. The Hall–Kier alpha value is -0.860. The summed E-state index contributed by atoms with van der Waals surface area (Å²) in [5, 5.41) is 3.20. The predicted molar refractivity (Wildman–Crippen MR) is 46.0 cm³/mol. The largest absolute Gasteiger partial charge is 0.329 e. The monoisotopic (exact) mass is 149 g/mol. The molecule has 0 fully saturated rings. The van der Waals surface area contributed by atoms with E-state index in [0.717, 1.165) is 13.1 Å². The van der Waals surface area contributed by atoms with Crippen molar-refractivity contribution in [2.24, 2.45) is 5.73 Å². The van der Waals surface area contributed by atoms with Crippen molar-refractivity contribution >= 4 is 0 Å². The van der Waals surface area contributed by atoms with Crippen LogP contribution in [-0.2, 0) is 6.54 Å². The average Bonchev–Trinajstić information content (AvgIpc) is 2.07. The molecule has 0 saturated carbocycles. The summed E-state index contributed by atoms with van der Waals surface area (Å²) in [7, 11) is 0. The summed E-state index contributed by atoms with van der Waals surface area (Å²) in [6.45, 7) is 2.41. The lowest BCUT2D eigenvalue weighted by Crippen LogP contribution is -2.21. The Labute approximate surface area is 67.4 Å². The van der Waals surface area contributed by atoms with E-state index < -0.39 is 0 Å². The van der Waals surface area contributed by atoms with Gasteiger partial charge in [0.2, 0.25) is 0 Å². The highest BCUT2D eigenvalue weighted by Crippen LogP contribution is 1.95. The van der Waals surface area contributed by atoms with E-state index in [4.69, 9.17) is 5.73 Å². The number of nitrogens with two attached hydrogens (primary N) is 1. The fraction of sp³-hybridized carbons (Fsp3) is 0.333. The van der Waals surface area contributed by atoms with Gasteiger partial charge in [-0.2, -0.15) is 0 Å². The third kappa shape index (κ3) is 3.16. The van der Waals surface area contributed by atoms with Crippen LogP contribution in [0.3, 0.4) is 0 Å². The summed E-state index contributed by atoms with van der Waals surface area (Å²) in [6.07, 6.45) is 0. The molecule has 0 amide bonds. The van der Waals surface area contributed by atoms with Gasteiger partial charge in [-0.1, -0.05) is 24.3 Å². The molecular weight excluding hydrogens is 136 g/mol. The molecule has 1 aromatic rings. The zero-order chi connectivity index (χ0) is 7.94. The van der Waals surface area contributed by atoms with Crippen LogP contribution in [0.5, 0.6) is 0 Å². The molecule has 0 saturated heterocycles. The van der Waals surface area contributed by atoms with E-state index in [1.54, 1.807) is 0 Å². The van der Waals surface area contributed by atoms with E-state index in [0.29, 0.717) is 6.54 Å². The summed E-state index contributed by atoms with van der Waals surface area (Å²) in [4.78, 5) is 0. The number of rotatable bonds is 4. The van der Waals surface area contributed by atoms with Crippen molar-refractivity contribution in [2.45, 2.75) is 6.54 Å². The van der Waals surface area contributed by atoms with Crippen LogP contribution < -0.4 is 11.1 Å². The minimum atomic E-state index is 0.687. The molecule has 1 aromatic carbocycles. The number of benzene rings is 1. The molecule has 11 heavy (non-hydrogen) atoms. The number of hydrogen-bond donors (Lipinski definition) is 2. The molecule has 0 aliphatic rings. The lowest BCUT2D eigenvalue weighted by atomic mass is 10.2. The second-order valence-electron chi connectivity index (χ2n) is 2.35. The topological polar surface area (TPSA) is 38.0 Å². The first-order chi connectivity index (χ1) is 5.43. The fourth-order valence-electron chi connectivity index (χ4n) is 0.866. The third-order valence-corrected chi connectivity index (χ3v) is 1.41. The lowest BCUT2D eigenvalue weighted by Gasteiger charge is -2.00. The smallest absolute Gasteiger partial charge is 0.0212 e. The van der Waals surface area contributed by atoms with Crippen LogP contribution in [0.1, 0.15) is 5.56 Å². The Morgan fingerprint density at radius 2 is 2.36 bits per heavy atom. The van der Waals surface area contributed by atoms with Crippen molar-refractivity contribution in [3.63, 3.8) is 0 Å². The molecule has 0 spiro atoms. The van der Waals surface area contributed by atoms with E-state index in [-0.39, 0.29) is 0 Å². The average molecular weight is 149 g/mol. The van der Waals surface area contributed by atoms with Gasteiger partial charge in [0, 0.05) is 19.6 Å². The standard InChI is InChI=1S/C9H13N2/c10-6-7-11-8-9-4-2-1-3-5-9/h1-4,11H,6-8,10H2. The second kappa shape index (κ2) is 4.88. The predicted octanol–water partition coefficient (Wildman–Crippen LogP) is 0.535. The molecule has 0 aromatic heterocycles. The summed E-state index contributed by atoms with van der Waals surface area (Å²) in [6, 6.07) is 11.1. The molecule has 0 atom stereocenters. The highest BCUT2D eigenvalue weighted by molar-refractivity contribution is 5.12. The Bertz CT molecular complexity index is 184. The van der Waals surface area contributed by atoms with Gasteiger partial charge in [0.15, 0.2) is 0 Å². The molecule has 2 heteroatoms. The van der Waals surface area contributed by atoms with E-state index in [1.807, 2.05) is 24.3 Å². The maximum atomic E-state index is 5.32. The second-order valence-corrected chi connectivity index (χ2v) is 2.35. The van der Waals surface area contributed by atoms with Gasteiger partial charge in [-0.3, -0.25) is 0 Å². The first kappa shape index (κ1) is 8.24. The number of nitrogens with one attached hydrogen (secondary N) is 1. The van der Waals surface area contributed by atoms with Gasteiger partial charge in [0.25, 0.3) is 0 Å². The molecule has 0 unspecified atom stereocenters.